The van der Waals surface area contributed by atoms with Crippen LogP contribution in [0.3, 0.4) is 0 Å². The third kappa shape index (κ3) is 2.69. The van der Waals surface area contributed by atoms with Gasteiger partial charge in [-0.1, -0.05) is 25.1 Å². The Hall–Kier alpha value is -1.11. The van der Waals surface area contributed by atoms with Crippen molar-refractivity contribution in [2.24, 2.45) is 0 Å². The Morgan fingerprint density at radius 1 is 1.14 bits per heavy atom. The normalized spacial score (nSPS) is 11.1. The van der Waals surface area contributed by atoms with E-state index in [9.17, 15) is 0 Å². The third-order valence-electron chi connectivity index (χ3n) is 2.48. The lowest BCUT2D eigenvalue weighted by molar-refractivity contribution is 1.01. The van der Waals surface area contributed by atoms with Crippen LogP contribution in [0, 0.1) is 20.8 Å². The zero-order valence-electron chi connectivity index (χ0n) is 9.59. The summed E-state index contributed by atoms with van der Waals surface area (Å²) in [6.07, 6.45) is 6.45. The van der Waals surface area contributed by atoms with Crippen molar-refractivity contribution in [3.63, 3.8) is 0 Å². The van der Waals surface area contributed by atoms with Crippen LogP contribution in [0.2, 0.25) is 0 Å². The van der Waals surface area contributed by atoms with Crippen molar-refractivity contribution < 1.29 is 0 Å². The van der Waals surface area contributed by atoms with Crippen LogP contribution in [0.25, 0.3) is 0 Å². The minimum atomic E-state index is 0.959. The molecular formula is C13H19N. The molecule has 0 saturated heterocycles. The minimum Gasteiger partial charge on any atom is -0.257 e. The molecule has 0 saturated carbocycles. The number of allylic oxidation sites excluding steroid dienone is 2. The van der Waals surface area contributed by atoms with Crippen LogP contribution in [0.4, 0.5) is 0 Å². The summed E-state index contributed by atoms with van der Waals surface area (Å²) in [5.41, 5.74) is 4.94. The summed E-state index contributed by atoms with van der Waals surface area (Å²) in [7, 11) is 0. The lowest BCUT2D eigenvalue weighted by atomic mass is 10.1. The summed E-state index contributed by atoms with van der Waals surface area (Å²) in [6.45, 7) is 8.47. The van der Waals surface area contributed by atoms with Gasteiger partial charge in [0, 0.05) is 17.8 Å². The van der Waals surface area contributed by atoms with Gasteiger partial charge in [0.1, 0.15) is 0 Å². The molecule has 1 heterocycles. The van der Waals surface area contributed by atoms with E-state index in [-0.39, 0.29) is 0 Å². The first kappa shape index (κ1) is 11.0. The second-order valence-corrected chi connectivity index (χ2v) is 3.74. The van der Waals surface area contributed by atoms with Crippen LogP contribution in [-0.4, -0.2) is 4.98 Å². The molecule has 1 rings (SSSR count). The van der Waals surface area contributed by atoms with Crippen molar-refractivity contribution in [2.75, 3.05) is 0 Å². The van der Waals surface area contributed by atoms with Gasteiger partial charge in [0.2, 0.25) is 0 Å². The van der Waals surface area contributed by atoms with Crippen molar-refractivity contribution in [2.45, 2.75) is 40.5 Å². The molecule has 0 radical (unpaired) electrons. The molecule has 0 aliphatic rings. The molecule has 0 aliphatic heterocycles. The monoisotopic (exact) mass is 189 g/mol. The molecule has 0 bridgehead atoms. The van der Waals surface area contributed by atoms with E-state index in [0.717, 1.165) is 18.5 Å². The maximum Gasteiger partial charge on any atom is 0.0473 e. The number of rotatable bonds is 3. The average molecular weight is 189 g/mol. The van der Waals surface area contributed by atoms with Gasteiger partial charge in [-0.15, -0.1) is 0 Å². The molecule has 76 valence electrons. The molecular weight excluding hydrogens is 170 g/mol. The van der Waals surface area contributed by atoms with Crippen molar-refractivity contribution in [3.05, 3.63) is 40.7 Å². The third-order valence-corrected chi connectivity index (χ3v) is 2.48. The Kier molecular flexibility index (Phi) is 3.87. The highest BCUT2D eigenvalue weighted by molar-refractivity contribution is 5.29. The highest BCUT2D eigenvalue weighted by atomic mass is 14.7. The summed E-state index contributed by atoms with van der Waals surface area (Å²) in [6, 6.07) is 2.22. The molecule has 0 unspecified atom stereocenters. The zero-order valence-corrected chi connectivity index (χ0v) is 9.59. The van der Waals surface area contributed by atoms with Gasteiger partial charge >= 0.3 is 0 Å². The first-order chi connectivity index (χ1) is 6.65. The number of aromatic nitrogens is 1. The predicted octanol–water partition coefficient (Wildman–Crippen LogP) is 3.52. The second kappa shape index (κ2) is 4.94. The molecule has 0 fully saturated rings. The van der Waals surface area contributed by atoms with Gasteiger partial charge in [0.15, 0.2) is 0 Å². The second-order valence-electron chi connectivity index (χ2n) is 3.74. The van der Waals surface area contributed by atoms with Crippen LogP contribution >= 0.6 is 0 Å². The molecule has 1 heteroatoms. The Labute approximate surface area is 86.9 Å². The van der Waals surface area contributed by atoms with Crippen LogP contribution in [0.15, 0.2) is 18.2 Å². The van der Waals surface area contributed by atoms with Crippen molar-refractivity contribution in [1.82, 2.24) is 4.98 Å². The molecule has 1 aromatic heterocycles. The topological polar surface area (TPSA) is 12.9 Å². The smallest absolute Gasteiger partial charge is 0.0473 e. The first-order valence-corrected chi connectivity index (χ1v) is 5.24. The van der Waals surface area contributed by atoms with Crippen molar-refractivity contribution in [3.8, 4) is 0 Å². The lowest BCUT2D eigenvalue weighted by Crippen LogP contribution is -1.97. The van der Waals surface area contributed by atoms with E-state index in [4.69, 9.17) is 0 Å². The Bertz CT molecular complexity index is 337. The van der Waals surface area contributed by atoms with Gasteiger partial charge in [0.25, 0.3) is 0 Å². The van der Waals surface area contributed by atoms with Crippen LogP contribution in [-0.2, 0) is 6.42 Å². The Morgan fingerprint density at radius 2 is 1.86 bits per heavy atom. The quantitative estimate of drug-likeness (QED) is 0.663. The number of pyridine rings is 1. The van der Waals surface area contributed by atoms with Gasteiger partial charge in [-0.3, -0.25) is 4.98 Å². The molecule has 0 aromatic carbocycles. The molecule has 14 heavy (non-hydrogen) atoms. The van der Waals surface area contributed by atoms with E-state index >= 15 is 0 Å². The number of aryl methyl sites for hydroxylation is 3. The van der Waals surface area contributed by atoms with E-state index in [1.807, 2.05) is 0 Å². The molecule has 0 atom stereocenters. The minimum absolute atomic E-state index is 0.959. The maximum absolute atomic E-state index is 4.59. The van der Waals surface area contributed by atoms with Crippen LogP contribution in [0.5, 0.6) is 0 Å². The van der Waals surface area contributed by atoms with Gasteiger partial charge in [-0.25, -0.2) is 0 Å². The largest absolute Gasteiger partial charge is 0.257 e. The average Bonchev–Trinajstić information content (AvgIpc) is 2.14. The summed E-state index contributed by atoms with van der Waals surface area (Å²) in [5.74, 6) is 0. The Balaban J connectivity index is 2.87. The number of nitrogens with zero attached hydrogens (tertiary/aromatic N) is 1. The van der Waals surface area contributed by atoms with Gasteiger partial charge in [-0.05, 0) is 38.3 Å². The lowest BCUT2D eigenvalue weighted by Gasteiger charge is -2.06. The standard InChI is InChI=1S/C13H19N/c1-5-6-7-8-13-11(3)9-10(2)12(4)14-13/h6-7,9H,5,8H2,1-4H3/b7-6-. The van der Waals surface area contributed by atoms with Crippen molar-refractivity contribution in [1.29, 1.82) is 0 Å². The van der Waals surface area contributed by atoms with E-state index in [2.05, 4.69) is 50.9 Å². The summed E-state index contributed by atoms with van der Waals surface area (Å²) in [5, 5.41) is 0. The first-order valence-electron chi connectivity index (χ1n) is 5.24. The summed E-state index contributed by atoms with van der Waals surface area (Å²) in [4.78, 5) is 4.59. The number of hydrogen-bond donors (Lipinski definition) is 0. The maximum atomic E-state index is 4.59. The molecule has 0 N–H and O–H groups in total. The predicted molar refractivity (Wildman–Crippen MR) is 61.6 cm³/mol. The fraction of sp³-hybridized carbons (Fsp3) is 0.462. The highest BCUT2D eigenvalue weighted by Gasteiger charge is 2.01. The van der Waals surface area contributed by atoms with E-state index in [1.54, 1.807) is 0 Å². The molecule has 0 spiro atoms. The summed E-state index contributed by atoms with van der Waals surface area (Å²) >= 11 is 0. The van der Waals surface area contributed by atoms with Gasteiger partial charge in [-0.2, -0.15) is 0 Å². The van der Waals surface area contributed by atoms with E-state index < -0.39 is 0 Å². The van der Waals surface area contributed by atoms with Crippen LogP contribution < -0.4 is 0 Å². The molecule has 0 aliphatic carbocycles. The van der Waals surface area contributed by atoms with Gasteiger partial charge in [0.05, 0.1) is 0 Å². The zero-order chi connectivity index (χ0) is 10.6. The van der Waals surface area contributed by atoms with E-state index in [1.165, 1.54) is 16.8 Å². The molecule has 1 aromatic rings. The van der Waals surface area contributed by atoms with Crippen molar-refractivity contribution >= 4 is 0 Å². The number of hydrogen-bond acceptors (Lipinski definition) is 1. The fourth-order valence-corrected chi connectivity index (χ4v) is 1.46. The summed E-state index contributed by atoms with van der Waals surface area (Å²) < 4.78 is 0. The SMILES string of the molecule is CC/C=C\Cc1nc(C)c(C)cc1C. The van der Waals surface area contributed by atoms with Gasteiger partial charge < -0.3 is 0 Å². The Morgan fingerprint density at radius 3 is 2.50 bits per heavy atom. The molecule has 1 nitrogen and oxygen atoms in total. The molecule has 0 amide bonds. The highest BCUT2D eigenvalue weighted by Crippen LogP contribution is 2.12. The van der Waals surface area contributed by atoms with Crippen LogP contribution in [0.1, 0.15) is 35.9 Å². The fourth-order valence-electron chi connectivity index (χ4n) is 1.46. The van der Waals surface area contributed by atoms with E-state index in [0.29, 0.717) is 0 Å².